The van der Waals surface area contributed by atoms with Crippen LogP contribution >= 0.6 is 11.3 Å². The molecule has 1 aromatic rings. The van der Waals surface area contributed by atoms with E-state index in [2.05, 4.69) is 4.98 Å². The largest absolute Gasteiger partial charge is 0.493 e. The fourth-order valence-corrected chi connectivity index (χ4v) is 1.65. The summed E-state index contributed by atoms with van der Waals surface area (Å²) in [5.41, 5.74) is 0. The topological polar surface area (TPSA) is 33.1 Å². The molecule has 3 heteroatoms. The second-order valence-corrected chi connectivity index (χ2v) is 3.21. The molecule has 0 aromatic carbocycles. The summed E-state index contributed by atoms with van der Waals surface area (Å²) in [5, 5.41) is 11.6. The first-order chi connectivity index (χ1) is 4.36. The summed E-state index contributed by atoms with van der Waals surface area (Å²) in [6.45, 7) is 0. The first-order valence-electron chi connectivity index (χ1n) is 3.00. The lowest BCUT2D eigenvalue weighted by Crippen LogP contribution is -1.72. The van der Waals surface area contributed by atoms with E-state index in [9.17, 15) is 0 Å². The van der Waals surface area contributed by atoms with Crippen molar-refractivity contribution < 1.29 is 5.11 Å². The Balaban J connectivity index is 2.28. The molecule has 1 heterocycles. The SMILES string of the molecule is Oc1csc(C2CC2)n1. The molecule has 0 saturated heterocycles. The molecule has 0 radical (unpaired) electrons. The van der Waals surface area contributed by atoms with Crippen molar-refractivity contribution >= 4 is 11.3 Å². The van der Waals surface area contributed by atoms with Crippen molar-refractivity contribution in [2.24, 2.45) is 0 Å². The van der Waals surface area contributed by atoms with Gasteiger partial charge < -0.3 is 5.11 Å². The molecule has 9 heavy (non-hydrogen) atoms. The lowest BCUT2D eigenvalue weighted by atomic mass is 10.5. The third-order valence-electron chi connectivity index (χ3n) is 1.44. The van der Waals surface area contributed by atoms with Crippen LogP contribution < -0.4 is 0 Å². The number of hydrogen-bond donors (Lipinski definition) is 1. The number of aromatic nitrogens is 1. The normalized spacial score (nSPS) is 18.2. The van der Waals surface area contributed by atoms with Crippen molar-refractivity contribution in [1.82, 2.24) is 4.98 Å². The van der Waals surface area contributed by atoms with E-state index >= 15 is 0 Å². The van der Waals surface area contributed by atoms with Crippen molar-refractivity contribution in [2.45, 2.75) is 18.8 Å². The molecule has 1 N–H and O–H groups in total. The average Bonchev–Trinajstić information content (AvgIpc) is 2.58. The molecule has 0 unspecified atom stereocenters. The predicted octanol–water partition coefficient (Wildman–Crippen LogP) is 1.73. The van der Waals surface area contributed by atoms with E-state index in [-0.39, 0.29) is 5.88 Å². The Morgan fingerprint density at radius 3 is 2.89 bits per heavy atom. The number of thiazole rings is 1. The molecule has 0 aliphatic heterocycles. The molecule has 1 aliphatic rings. The van der Waals surface area contributed by atoms with Gasteiger partial charge in [-0.05, 0) is 12.8 Å². The van der Waals surface area contributed by atoms with Crippen molar-refractivity contribution in [3.63, 3.8) is 0 Å². The molecule has 2 rings (SSSR count). The van der Waals surface area contributed by atoms with Crippen LogP contribution in [0.15, 0.2) is 5.38 Å². The Hall–Kier alpha value is -0.570. The van der Waals surface area contributed by atoms with Crippen LogP contribution in [-0.4, -0.2) is 10.1 Å². The summed E-state index contributed by atoms with van der Waals surface area (Å²) < 4.78 is 0. The second kappa shape index (κ2) is 1.70. The zero-order chi connectivity index (χ0) is 6.27. The van der Waals surface area contributed by atoms with Gasteiger partial charge in [-0.15, -0.1) is 11.3 Å². The first-order valence-corrected chi connectivity index (χ1v) is 3.88. The molecule has 1 fully saturated rings. The van der Waals surface area contributed by atoms with E-state index in [1.54, 1.807) is 16.7 Å². The molecule has 2 nitrogen and oxygen atoms in total. The van der Waals surface area contributed by atoms with E-state index in [0.29, 0.717) is 5.92 Å². The maximum absolute atomic E-state index is 8.83. The Morgan fingerprint density at radius 2 is 2.44 bits per heavy atom. The highest BCUT2D eigenvalue weighted by molar-refractivity contribution is 7.09. The quantitative estimate of drug-likeness (QED) is 0.646. The van der Waals surface area contributed by atoms with E-state index in [4.69, 9.17) is 5.11 Å². The van der Waals surface area contributed by atoms with Gasteiger partial charge in [0.2, 0.25) is 5.88 Å². The Kier molecular flexibility index (Phi) is 0.990. The zero-order valence-corrected chi connectivity index (χ0v) is 5.69. The molecular weight excluding hydrogens is 134 g/mol. The smallest absolute Gasteiger partial charge is 0.222 e. The number of nitrogens with zero attached hydrogens (tertiary/aromatic N) is 1. The van der Waals surface area contributed by atoms with E-state index in [0.717, 1.165) is 5.01 Å². The van der Waals surface area contributed by atoms with Crippen LogP contribution in [0.3, 0.4) is 0 Å². The van der Waals surface area contributed by atoms with Crippen LogP contribution in [0.1, 0.15) is 23.8 Å². The molecule has 48 valence electrons. The lowest BCUT2D eigenvalue weighted by Gasteiger charge is -1.81. The number of hydrogen-bond acceptors (Lipinski definition) is 3. The minimum Gasteiger partial charge on any atom is -0.493 e. The highest BCUT2D eigenvalue weighted by Gasteiger charge is 2.26. The van der Waals surface area contributed by atoms with Crippen LogP contribution in [0.25, 0.3) is 0 Å². The molecule has 0 atom stereocenters. The van der Waals surface area contributed by atoms with Gasteiger partial charge in [-0.25, -0.2) is 4.98 Å². The lowest BCUT2D eigenvalue weighted by molar-refractivity contribution is 0.456. The Labute approximate surface area is 57.2 Å². The summed E-state index contributed by atoms with van der Waals surface area (Å²) in [7, 11) is 0. The standard InChI is InChI=1S/C6H7NOS/c8-5-3-9-6(7-5)4-1-2-4/h3-4,8H,1-2H2. The molecular formula is C6H7NOS. The van der Waals surface area contributed by atoms with E-state index in [1.807, 2.05) is 0 Å². The summed E-state index contributed by atoms with van der Waals surface area (Å²) in [6, 6.07) is 0. The summed E-state index contributed by atoms with van der Waals surface area (Å²) >= 11 is 1.56. The molecule has 1 aromatic heterocycles. The van der Waals surface area contributed by atoms with Crippen LogP contribution in [-0.2, 0) is 0 Å². The highest BCUT2D eigenvalue weighted by Crippen LogP contribution is 2.41. The Morgan fingerprint density at radius 1 is 1.67 bits per heavy atom. The fraction of sp³-hybridized carbons (Fsp3) is 0.500. The van der Waals surface area contributed by atoms with E-state index in [1.165, 1.54) is 12.8 Å². The maximum atomic E-state index is 8.83. The average molecular weight is 141 g/mol. The van der Waals surface area contributed by atoms with Gasteiger partial charge in [0, 0.05) is 5.92 Å². The summed E-state index contributed by atoms with van der Waals surface area (Å²) in [5.74, 6) is 0.859. The Bertz CT molecular complexity index is 217. The number of rotatable bonds is 1. The highest BCUT2D eigenvalue weighted by atomic mass is 32.1. The summed E-state index contributed by atoms with van der Waals surface area (Å²) in [6.07, 6.45) is 2.51. The van der Waals surface area contributed by atoms with Crippen molar-refractivity contribution in [3.8, 4) is 5.88 Å². The zero-order valence-electron chi connectivity index (χ0n) is 4.87. The fourth-order valence-electron chi connectivity index (χ4n) is 0.796. The minimum absolute atomic E-state index is 0.182. The maximum Gasteiger partial charge on any atom is 0.222 e. The van der Waals surface area contributed by atoms with Crippen LogP contribution in [0.2, 0.25) is 0 Å². The van der Waals surface area contributed by atoms with Gasteiger partial charge in [-0.2, -0.15) is 0 Å². The molecule has 0 bridgehead atoms. The first kappa shape index (κ1) is 5.23. The number of aromatic hydroxyl groups is 1. The van der Waals surface area contributed by atoms with Gasteiger partial charge in [0.15, 0.2) is 0 Å². The van der Waals surface area contributed by atoms with Gasteiger partial charge in [0.25, 0.3) is 0 Å². The molecule has 0 spiro atoms. The van der Waals surface area contributed by atoms with Crippen molar-refractivity contribution in [3.05, 3.63) is 10.4 Å². The van der Waals surface area contributed by atoms with Crippen LogP contribution in [0.4, 0.5) is 0 Å². The monoisotopic (exact) mass is 141 g/mol. The van der Waals surface area contributed by atoms with Gasteiger partial charge in [0.05, 0.1) is 10.4 Å². The molecule has 0 amide bonds. The molecule has 1 saturated carbocycles. The minimum atomic E-state index is 0.182. The van der Waals surface area contributed by atoms with Crippen LogP contribution in [0, 0.1) is 0 Å². The van der Waals surface area contributed by atoms with Gasteiger partial charge in [0.1, 0.15) is 0 Å². The van der Waals surface area contributed by atoms with E-state index < -0.39 is 0 Å². The third kappa shape index (κ3) is 0.920. The third-order valence-corrected chi connectivity index (χ3v) is 2.43. The van der Waals surface area contributed by atoms with Gasteiger partial charge in [-0.3, -0.25) is 0 Å². The van der Waals surface area contributed by atoms with Crippen LogP contribution in [0.5, 0.6) is 5.88 Å². The summed E-state index contributed by atoms with van der Waals surface area (Å²) in [4.78, 5) is 3.95. The predicted molar refractivity (Wildman–Crippen MR) is 35.8 cm³/mol. The van der Waals surface area contributed by atoms with Crippen molar-refractivity contribution in [1.29, 1.82) is 0 Å². The van der Waals surface area contributed by atoms with Crippen molar-refractivity contribution in [2.75, 3.05) is 0 Å². The molecule has 1 aliphatic carbocycles. The van der Waals surface area contributed by atoms with Gasteiger partial charge in [-0.1, -0.05) is 0 Å². The van der Waals surface area contributed by atoms with Gasteiger partial charge >= 0.3 is 0 Å². The second-order valence-electron chi connectivity index (χ2n) is 2.32.